The van der Waals surface area contributed by atoms with Crippen molar-refractivity contribution in [3.8, 4) is 11.3 Å². The molecule has 0 unspecified atom stereocenters. The van der Waals surface area contributed by atoms with Gasteiger partial charge in [-0.25, -0.2) is 9.07 Å². The van der Waals surface area contributed by atoms with E-state index in [2.05, 4.69) is 15.2 Å². The summed E-state index contributed by atoms with van der Waals surface area (Å²) in [5, 5.41) is 8.68. The molecule has 4 rings (SSSR count). The van der Waals surface area contributed by atoms with Crippen LogP contribution >= 0.6 is 0 Å². The van der Waals surface area contributed by atoms with E-state index in [0.717, 1.165) is 11.3 Å². The average molecular weight is 300 g/mol. The summed E-state index contributed by atoms with van der Waals surface area (Å²) in [6.07, 6.45) is 8.32. The van der Waals surface area contributed by atoms with Crippen LogP contribution in [0.2, 0.25) is 0 Å². The molecule has 4 nitrogen and oxygen atoms in total. The van der Waals surface area contributed by atoms with Gasteiger partial charge in [0.05, 0.1) is 12.2 Å². The summed E-state index contributed by atoms with van der Waals surface area (Å²) >= 11 is 0. The Hall–Kier alpha value is -1.75. The Bertz CT molecular complexity index is 634. The second kappa shape index (κ2) is 5.80. The second-order valence-corrected chi connectivity index (χ2v) is 6.40. The molecular weight excluding hydrogens is 279 g/mol. The molecule has 2 aliphatic heterocycles. The number of rotatable bonds is 2. The van der Waals surface area contributed by atoms with Crippen LogP contribution in [0.5, 0.6) is 0 Å². The van der Waals surface area contributed by atoms with Crippen molar-refractivity contribution in [3.05, 3.63) is 36.3 Å². The molecule has 116 valence electrons. The van der Waals surface area contributed by atoms with Gasteiger partial charge < -0.3 is 0 Å². The van der Waals surface area contributed by atoms with Crippen LogP contribution in [0.3, 0.4) is 0 Å². The van der Waals surface area contributed by atoms with Gasteiger partial charge in [0.2, 0.25) is 0 Å². The number of halogens is 1. The summed E-state index contributed by atoms with van der Waals surface area (Å²) in [6, 6.07) is 7.49. The van der Waals surface area contributed by atoms with Crippen LogP contribution in [-0.2, 0) is 0 Å². The molecule has 2 saturated heterocycles. The molecular formula is C17H21FN4. The Morgan fingerprint density at radius 2 is 1.73 bits per heavy atom. The van der Waals surface area contributed by atoms with Gasteiger partial charge in [0.25, 0.3) is 0 Å². The molecule has 0 radical (unpaired) electrons. The number of hydrogen-bond acceptors (Lipinski definition) is 3. The molecule has 22 heavy (non-hydrogen) atoms. The first-order valence-corrected chi connectivity index (χ1v) is 8.23. The van der Waals surface area contributed by atoms with Crippen LogP contribution in [0.25, 0.3) is 11.3 Å². The fourth-order valence-electron chi connectivity index (χ4n) is 3.93. The summed E-state index contributed by atoms with van der Waals surface area (Å²) in [5.74, 6) is -0.221. The lowest BCUT2D eigenvalue weighted by Gasteiger charge is -2.44. The zero-order chi connectivity index (χ0) is 14.9. The van der Waals surface area contributed by atoms with Crippen LogP contribution in [-0.4, -0.2) is 39.0 Å². The van der Waals surface area contributed by atoms with Crippen molar-refractivity contribution in [1.29, 1.82) is 0 Å². The number of fused-ring (bicyclic) bond motifs is 1. The summed E-state index contributed by atoms with van der Waals surface area (Å²) in [7, 11) is 0. The molecule has 3 heterocycles. The van der Waals surface area contributed by atoms with Crippen LogP contribution in [0.1, 0.15) is 38.1 Å². The van der Waals surface area contributed by atoms with Crippen molar-refractivity contribution in [2.24, 2.45) is 0 Å². The minimum Gasteiger partial charge on any atom is -0.298 e. The summed E-state index contributed by atoms with van der Waals surface area (Å²) in [6.45, 7) is 2.45. The lowest BCUT2D eigenvalue weighted by atomic mass is 9.89. The van der Waals surface area contributed by atoms with E-state index in [1.54, 1.807) is 12.1 Å². The van der Waals surface area contributed by atoms with Crippen molar-refractivity contribution >= 4 is 0 Å². The van der Waals surface area contributed by atoms with E-state index in [0.29, 0.717) is 12.1 Å². The highest BCUT2D eigenvalue weighted by Gasteiger charge is 2.34. The zero-order valence-corrected chi connectivity index (χ0v) is 12.7. The Balaban J connectivity index is 1.59. The summed E-state index contributed by atoms with van der Waals surface area (Å²) < 4.78 is 15.1. The SMILES string of the molecule is Fc1ccc(-c2cn([C@@H]3CCCN4CCCC[C@@H]34)nn2)cc1. The fourth-order valence-corrected chi connectivity index (χ4v) is 3.93. The van der Waals surface area contributed by atoms with E-state index in [4.69, 9.17) is 0 Å². The monoisotopic (exact) mass is 300 g/mol. The Morgan fingerprint density at radius 1 is 0.955 bits per heavy atom. The van der Waals surface area contributed by atoms with Gasteiger partial charge in [-0.1, -0.05) is 11.6 Å². The smallest absolute Gasteiger partial charge is 0.123 e. The molecule has 2 atom stereocenters. The van der Waals surface area contributed by atoms with Crippen molar-refractivity contribution in [3.63, 3.8) is 0 Å². The molecule has 1 aromatic carbocycles. The van der Waals surface area contributed by atoms with Gasteiger partial charge in [0.15, 0.2) is 0 Å². The Kier molecular flexibility index (Phi) is 3.66. The first-order chi connectivity index (χ1) is 10.8. The predicted octanol–water partition coefficient (Wildman–Crippen LogP) is 3.27. The van der Waals surface area contributed by atoms with Crippen LogP contribution in [0, 0.1) is 5.82 Å². The van der Waals surface area contributed by atoms with E-state index < -0.39 is 0 Å². The van der Waals surface area contributed by atoms with Gasteiger partial charge in [0, 0.05) is 11.6 Å². The van der Waals surface area contributed by atoms with Gasteiger partial charge in [0.1, 0.15) is 11.5 Å². The number of aromatic nitrogens is 3. The van der Waals surface area contributed by atoms with E-state index >= 15 is 0 Å². The maximum atomic E-state index is 13.0. The van der Waals surface area contributed by atoms with Gasteiger partial charge in [-0.05, 0) is 63.0 Å². The minimum atomic E-state index is -0.221. The number of benzene rings is 1. The molecule has 0 N–H and O–H groups in total. The van der Waals surface area contributed by atoms with Crippen molar-refractivity contribution in [2.45, 2.75) is 44.2 Å². The fraction of sp³-hybridized carbons (Fsp3) is 0.529. The first-order valence-electron chi connectivity index (χ1n) is 8.23. The lowest BCUT2D eigenvalue weighted by Crippen LogP contribution is -2.48. The predicted molar refractivity (Wildman–Crippen MR) is 82.9 cm³/mol. The maximum Gasteiger partial charge on any atom is 0.123 e. The van der Waals surface area contributed by atoms with Gasteiger partial charge in [-0.2, -0.15) is 0 Å². The molecule has 2 fully saturated rings. The van der Waals surface area contributed by atoms with E-state index in [1.165, 1.54) is 57.3 Å². The highest BCUT2D eigenvalue weighted by Crippen LogP contribution is 2.34. The average Bonchev–Trinajstić information content (AvgIpc) is 3.05. The zero-order valence-electron chi connectivity index (χ0n) is 12.7. The molecule has 0 aliphatic carbocycles. The number of nitrogens with zero attached hydrogens (tertiary/aromatic N) is 4. The highest BCUT2D eigenvalue weighted by atomic mass is 19.1. The largest absolute Gasteiger partial charge is 0.298 e. The third-order valence-corrected chi connectivity index (χ3v) is 5.04. The Morgan fingerprint density at radius 3 is 2.59 bits per heavy atom. The van der Waals surface area contributed by atoms with Gasteiger partial charge >= 0.3 is 0 Å². The molecule has 1 aromatic heterocycles. The molecule has 2 aromatic rings. The van der Waals surface area contributed by atoms with Gasteiger partial charge in [-0.15, -0.1) is 5.10 Å². The first kappa shape index (κ1) is 13.9. The van der Waals surface area contributed by atoms with E-state index in [1.807, 2.05) is 10.9 Å². The molecule has 0 saturated carbocycles. The maximum absolute atomic E-state index is 13.0. The molecule has 0 amide bonds. The third kappa shape index (κ3) is 2.54. The quantitative estimate of drug-likeness (QED) is 0.853. The molecule has 0 bridgehead atoms. The minimum absolute atomic E-state index is 0.221. The van der Waals surface area contributed by atoms with E-state index in [9.17, 15) is 4.39 Å². The van der Waals surface area contributed by atoms with Crippen LogP contribution < -0.4 is 0 Å². The van der Waals surface area contributed by atoms with E-state index in [-0.39, 0.29) is 5.82 Å². The second-order valence-electron chi connectivity index (χ2n) is 6.40. The Labute approximate surface area is 129 Å². The highest BCUT2D eigenvalue weighted by molar-refractivity contribution is 5.57. The molecule has 2 aliphatic rings. The van der Waals surface area contributed by atoms with Crippen molar-refractivity contribution in [1.82, 2.24) is 19.9 Å². The number of hydrogen-bond donors (Lipinski definition) is 0. The molecule has 0 spiro atoms. The van der Waals surface area contributed by atoms with Crippen molar-refractivity contribution < 1.29 is 4.39 Å². The topological polar surface area (TPSA) is 34.0 Å². The van der Waals surface area contributed by atoms with Crippen LogP contribution in [0.4, 0.5) is 4.39 Å². The van der Waals surface area contributed by atoms with Crippen LogP contribution in [0.15, 0.2) is 30.5 Å². The third-order valence-electron chi connectivity index (χ3n) is 5.04. The normalized spacial score (nSPS) is 25.9. The number of piperidine rings is 2. The molecule has 5 heteroatoms. The summed E-state index contributed by atoms with van der Waals surface area (Å²) in [4.78, 5) is 2.62. The lowest BCUT2D eigenvalue weighted by molar-refractivity contribution is 0.0587. The summed E-state index contributed by atoms with van der Waals surface area (Å²) in [5.41, 5.74) is 1.75. The standard InChI is InChI=1S/C17H21FN4/c18-14-8-6-13(7-9-14)15-12-22(20-19-15)17-5-3-11-21-10-2-1-4-16(17)21/h6-9,12,16-17H,1-5,10-11H2/t16-,17+/m0/s1. The van der Waals surface area contributed by atoms with Crippen molar-refractivity contribution in [2.75, 3.05) is 13.1 Å². The van der Waals surface area contributed by atoms with Gasteiger partial charge in [-0.3, -0.25) is 4.90 Å².